The van der Waals surface area contributed by atoms with E-state index in [9.17, 15) is 4.57 Å². The highest BCUT2D eigenvalue weighted by Crippen LogP contribution is 2.59. The van der Waals surface area contributed by atoms with Gasteiger partial charge in [0.2, 0.25) is 0 Å². The van der Waals surface area contributed by atoms with Crippen LogP contribution in [0, 0.1) is 0 Å². The molecule has 0 amide bonds. The van der Waals surface area contributed by atoms with Crippen molar-refractivity contribution in [2.24, 2.45) is 0 Å². The molecule has 2 heterocycles. The second kappa shape index (κ2) is 6.38. The van der Waals surface area contributed by atoms with Crippen molar-refractivity contribution in [1.82, 2.24) is 4.67 Å². The Morgan fingerprint density at radius 1 is 1.04 bits per heavy atom. The van der Waals surface area contributed by atoms with E-state index in [4.69, 9.17) is 20.9 Å². The van der Waals surface area contributed by atoms with Crippen LogP contribution in [-0.4, -0.2) is 31.0 Å². The summed E-state index contributed by atoms with van der Waals surface area (Å²) in [6, 6.07) is 15.3. The van der Waals surface area contributed by atoms with Gasteiger partial charge in [0.25, 0.3) is 0 Å². The molecular formula is C18H17ClNO3P. The highest BCUT2D eigenvalue weighted by molar-refractivity contribution is 7.60. The van der Waals surface area contributed by atoms with Gasteiger partial charge in [-0.2, -0.15) is 0 Å². The summed E-state index contributed by atoms with van der Waals surface area (Å²) < 4.78 is 26.8. The Morgan fingerprint density at radius 3 is 2.54 bits per heavy atom. The van der Waals surface area contributed by atoms with Crippen LogP contribution in [0.4, 0.5) is 0 Å². The second-order valence-electron chi connectivity index (χ2n) is 5.77. The molecule has 0 N–H and O–H groups in total. The number of ether oxygens (including phenoxy) is 1. The normalized spacial score (nSPS) is 24.0. The Kier molecular flexibility index (Phi) is 4.23. The topological polar surface area (TPSA) is 38.8 Å². The average Bonchev–Trinajstić information content (AvgIpc) is 2.63. The van der Waals surface area contributed by atoms with Crippen molar-refractivity contribution < 1.29 is 13.8 Å². The van der Waals surface area contributed by atoms with E-state index in [1.54, 1.807) is 17.9 Å². The lowest BCUT2D eigenvalue weighted by atomic mass is 9.99. The lowest BCUT2D eigenvalue weighted by molar-refractivity contribution is 0.0690. The smallest absolute Gasteiger partial charge is 0.343 e. The van der Waals surface area contributed by atoms with Gasteiger partial charge in [0.1, 0.15) is 5.75 Å². The van der Waals surface area contributed by atoms with Crippen LogP contribution in [0.15, 0.2) is 54.3 Å². The number of halogens is 1. The molecule has 2 aromatic rings. The zero-order chi connectivity index (χ0) is 16.6. The number of hydrogen-bond donors (Lipinski definition) is 0. The van der Waals surface area contributed by atoms with Gasteiger partial charge in [-0.15, -0.1) is 0 Å². The van der Waals surface area contributed by atoms with Crippen LogP contribution in [0.5, 0.6) is 5.75 Å². The maximum Gasteiger partial charge on any atom is 0.343 e. The molecule has 1 fully saturated rings. The highest BCUT2D eigenvalue weighted by atomic mass is 35.5. The summed E-state index contributed by atoms with van der Waals surface area (Å²) in [5.41, 5.74) is 2.76. The van der Waals surface area contributed by atoms with E-state index in [1.165, 1.54) is 0 Å². The van der Waals surface area contributed by atoms with Crippen LogP contribution >= 0.6 is 19.1 Å². The predicted octanol–water partition coefficient (Wildman–Crippen LogP) is 4.65. The Morgan fingerprint density at radius 2 is 1.79 bits per heavy atom. The van der Waals surface area contributed by atoms with Crippen LogP contribution in [0.3, 0.4) is 0 Å². The Balaban J connectivity index is 1.85. The molecule has 0 aromatic heterocycles. The van der Waals surface area contributed by atoms with E-state index in [0.717, 1.165) is 16.7 Å². The van der Waals surface area contributed by atoms with Crippen LogP contribution in [0.1, 0.15) is 11.1 Å². The minimum absolute atomic E-state index is 0.565. The van der Waals surface area contributed by atoms with Crippen molar-refractivity contribution in [2.75, 3.05) is 26.3 Å². The second-order valence-corrected chi connectivity index (χ2v) is 8.34. The molecule has 0 saturated carbocycles. The number of morpholine rings is 1. The molecule has 2 aliphatic rings. The first-order valence-electron chi connectivity index (χ1n) is 7.86. The first kappa shape index (κ1) is 15.9. The molecule has 4 rings (SSSR count). The number of fused-ring (bicyclic) bond motifs is 1. The zero-order valence-corrected chi connectivity index (χ0v) is 14.7. The van der Waals surface area contributed by atoms with Gasteiger partial charge in [0.05, 0.1) is 13.2 Å². The highest BCUT2D eigenvalue weighted by Gasteiger charge is 2.37. The van der Waals surface area contributed by atoms with Crippen molar-refractivity contribution in [3.8, 4) is 5.75 Å². The molecule has 0 spiro atoms. The number of hydrogen-bond acceptors (Lipinski definition) is 3. The van der Waals surface area contributed by atoms with Crippen LogP contribution < -0.4 is 4.52 Å². The fraction of sp³-hybridized carbons (Fsp3) is 0.222. The Labute approximate surface area is 146 Å². The van der Waals surface area contributed by atoms with E-state index >= 15 is 0 Å². The number of benzene rings is 2. The van der Waals surface area contributed by atoms with Crippen LogP contribution in [0.25, 0.3) is 5.57 Å². The van der Waals surface area contributed by atoms with Crippen LogP contribution in [0.2, 0.25) is 5.02 Å². The summed E-state index contributed by atoms with van der Waals surface area (Å²) in [6.07, 6.45) is 0. The lowest BCUT2D eigenvalue weighted by Gasteiger charge is -2.35. The lowest BCUT2D eigenvalue weighted by Crippen LogP contribution is -2.35. The monoisotopic (exact) mass is 361 g/mol. The van der Waals surface area contributed by atoms with Crippen LogP contribution in [-0.2, 0) is 9.30 Å². The molecule has 0 bridgehead atoms. The minimum atomic E-state index is -3.11. The van der Waals surface area contributed by atoms with E-state index in [-0.39, 0.29) is 0 Å². The summed E-state index contributed by atoms with van der Waals surface area (Å²) in [5, 5.41) is 0.627. The first-order chi connectivity index (χ1) is 11.7. The largest absolute Gasteiger partial charge is 0.429 e. The third-order valence-corrected chi connectivity index (χ3v) is 6.69. The molecule has 2 aliphatic heterocycles. The van der Waals surface area contributed by atoms with Gasteiger partial charge >= 0.3 is 7.52 Å². The first-order valence-corrected chi connectivity index (χ1v) is 9.89. The Bertz CT molecular complexity index is 831. The maximum atomic E-state index is 13.6. The summed E-state index contributed by atoms with van der Waals surface area (Å²) in [7, 11) is -3.11. The average molecular weight is 362 g/mol. The van der Waals surface area contributed by atoms with Crippen molar-refractivity contribution >= 4 is 24.7 Å². The SMILES string of the molecule is O=[P@@]1(N2CCOCC2)C=C(c2ccccc2)c2cc(Cl)ccc2O1. The summed E-state index contributed by atoms with van der Waals surface area (Å²) in [4.78, 5) is 0. The van der Waals surface area contributed by atoms with Crippen molar-refractivity contribution in [3.05, 3.63) is 70.5 Å². The Hall–Kier alpha value is -1.58. The summed E-state index contributed by atoms with van der Waals surface area (Å²) >= 11 is 6.17. The third kappa shape index (κ3) is 2.91. The minimum Gasteiger partial charge on any atom is -0.429 e. The van der Waals surface area contributed by atoms with Crippen molar-refractivity contribution in [2.45, 2.75) is 0 Å². The third-order valence-electron chi connectivity index (χ3n) is 4.22. The molecular weight excluding hydrogens is 345 g/mol. The number of nitrogens with zero attached hydrogens (tertiary/aromatic N) is 1. The van der Waals surface area contributed by atoms with Gasteiger partial charge < -0.3 is 9.26 Å². The zero-order valence-electron chi connectivity index (χ0n) is 13.0. The molecule has 2 aromatic carbocycles. The fourth-order valence-electron chi connectivity index (χ4n) is 3.01. The standard InChI is InChI=1S/C18H17ClNO3P/c19-15-6-7-18-16(12-15)17(14-4-2-1-3-5-14)13-24(21,23-18)20-8-10-22-11-9-20/h1-7,12-13H,8-11H2/t24-/m0/s1. The molecule has 0 aliphatic carbocycles. The molecule has 124 valence electrons. The van der Waals surface area contributed by atoms with Gasteiger partial charge in [-0.05, 0) is 23.8 Å². The van der Waals surface area contributed by atoms with Gasteiger partial charge in [-0.25, -0.2) is 4.67 Å². The quantitative estimate of drug-likeness (QED) is 0.730. The molecule has 1 atom stereocenters. The van der Waals surface area contributed by atoms with Crippen molar-refractivity contribution in [3.63, 3.8) is 0 Å². The van der Waals surface area contributed by atoms with Gasteiger partial charge in [-0.3, -0.25) is 4.57 Å². The fourth-order valence-corrected chi connectivity index (χ4v) is 5.29. The summed E-state index contributed by atoms with van der Waals surface area (Å²) in [5.74, 6) is 2.38. The molecule has 6 heteroatoms. The molecule has 1 saturated heterocycles. The molecule has 4 nitrogen and oxygen atoms in total. The van der Waals surface area contributed by atoms with Gasteiger partial charge in [0.15, 0.2) is 0 Å². The number of rotatable bonds is 2. The van der Waals surface area contributed by atoms with E-state index < -0.39 is 7.52 Å². The van der Waals surface area contributed by atoms with E-state index in [1.807, 2.05) is 41.1 Å². The van der Waals surface area contributed by atoms with E-state index in [2.05, 4.69) is 0 Å². The summed E-state index contributed by atoms with van der Waals surface area (Å²) in [6.45, 7) is 2.32. The van der Waals surface area contributed by atoms with Gasteiger partial charge in [0, 0.05) is 35.1 Å². The van der Waals surface area contributed by atoms with Gasteiger partial charge in [-0.1, -0.05) is 41.9 Å². The molecule has 0 unspecified atom stereocenters. The molecule has 0 radical (unpaired) electrons. The van der Waals surface area contributed by atoms with E-state index in [0.29, 0.717) is 37.1 Å². The molecule has 24 heavy (non-hydrogen) atoms. The van der Waals surface area contributed by atoms with Crippen molar-refractivity contribution in [1.29, 1.82) is 0 Å². The maximum absolute atomic E-state index is 13.6. The predicted molar refractivity (Wildman–Crippen MR) is 95.6 cm³/mol.